The average molecular weight is 277 g/mol. The molecule has 2 rings (SSSR count). The average Bonchev–Trinajstić information content (AvgIpc) is 2.38. The van der Waals surface area contributed by atoms with E-state index in [-0.39, 0.29) is 11.9 Å². The zero-order valence-electron chi connectivity index (χ0n) is 11.3. The Morgan fingerprint density at radius 1 is 1.26 bits per heavy atom. The molecule has 0 bridgehead atoms. The number of rotatable bonds is 3. The van der Waals surface area contributed by atoms with Gasteiger partial charge in [-0.05, 0) is 32.9 Å². The number of para-hydroxylation sites is 1. The molecule has 3 nitrogen and oxygen atoms in total. The highest BCUT2D eigenvalue weighted by Crippen LogP contribution is 2.23. The molecular weight excluding hydrogens is 260 g/mol. The monoisotopic (exact) mass is 276 g/mol. The van der Waals surface area contributed by atoms with Crippen LogP contribution in [-0.2, 0) is 4.79 Å². The van der Waals surface area contributed by atoms with Gasteiger partial charge >= 0.3 is 0 Å². The van der Waals surface area contributed by atoms with E-state index >= 15 is 0 Å². The molecule has 0 saturated heterocycles. The van der Waals surface area contributed by atoms with Gasteiger partial charge in [-0.15, -0.1) is 11.6 Å². The molecule has 100 valence electrons. The Bertz CT molecular complexity index is 595. The molecular formula is C15H17ClN2O. The molecule has 0 fully saturated rings. The van der Waals surface area contributed by atoms with Gasteiger partial charge in [0.15, 0.2) is 0 Å². The van der Waals surface area contributed by atoms with Crippen LogP contribution in [0.2, 0.25) is 0 Å². The third kappa shape index (κ3) is 2.87. The number of carbonyl (C=O) groups is 1. The minimum atomic E-state index is -0.547. The molecule has 1 heterocycles. The Balaban J connectivity index is 2.47. The molecule has 1 amide bonds. The number of alkyl halides is 1. The molecule has 1 atom stereocenters. The van der Waals surface area contributed by atoms with E-state index < -0.39 is 5.38 Å². The fraction of sp³-hybridized carbons (Fsp3) is 0.333. The van der Waals surface area contributed by atoms with Crippen LogP contribution in [0, 0.1) is 0 Å². The Kier molecular flexibility index (Phi) is 4.05. The van der Waals surface area contributed by atoms with E-state index in [2.05, 4.69) is 4.98 Å². The van der Waals surface area contributed by atoms with Crippen molar-refractivity contribution in [2.24, 2.45) is 0 Å². The summed E-state index contributed by atoms with van der Waals surface area (Å²) < 4.78 is 0. The number of fused-ring (bicyclic) bond motifs is 1. The molecule has 0 aliphatic rings. The van der Waals surface area contributed by atoms with Crippen molar-refractivity contribution in [1.82, 2.24) is 4.98 Å². The van der Waals surface area contributed by atoms with Gasteiger partial charge in [-0.2, -0.15) is 0 Å². The van der Waals surface area contributed by atoms with E-state index in [9.17, 15) is 4.79 Å². The third-order valence-corrected chi connectivity index (χ3v) is 3.14. The fourth-order valence-electron chi connectivity index (χ4n) is 2.06. The summed E-state index contributed by atoms with van der Waals surface area (Å²) in [6.07, 6.45) is 1.72. The zero-order chi connectivity index (χ0) is 14.0. The van der Waals surface area contributed by atoms with Crippen molar-refractivity contribution in [3.63, 3.8) is 0 Å². The maximum absolute atomic E-state index is 12.2. The minimum absolute atomic E-state index is 0.0386. The Morgan fingerprint density at radius 3 is 2.58 bits per heavy atom. The van der Waals surface area contributed by atoms with Crippen LogP contribution in [0.25, 0.3) is 10.9 Å². The first kappa shape index (κ1) is 13.8. The molecule has 0 N–H and O–H groups in total. The van der Waals surface area contributed by atoms with Crippen LogP contribution in [-0.4, -0.2) is 22.3 Å². The smallest absolute Gasteiger partial charge is 0.245 e. The topological polar surface area (TPSA) is 33.2 Å². The first-order valence-corrected chi connectivity index (χ1v) is 6.76. The molecule has 4 heteroatoms. The normalized spacial score (nSPS) is 12.7. The highest BCUT2D eigenvalue weighted by atomic mass is 35.5. The van der Waals surface area contributed by atoms with Crippen molar-refractivity contribution in [3.05, 3.63) is 36.5 Å². The van der Waals surface area contributed by atoms with Crippen molar-refractivity contribution in [1.29, 1.82) is 0 Å². The highest BCUT2D eigenvalue weighted by Gasteiger charge is 2.23. The van der Waals surface area contributed by atoms with Gasteiger partial charge in [0.1, 0.15) is 5.38 Å². The number of carbonyl (C=O) groups excluding carboxylic acids is 1. The third-order valence-electron chi connectivity index (χ3n) is 2.95. The predicted octanol–water partition coefficient (Wildman–Crippen LogP) is 3.60. The number of hydrogen-bond donors (Lipinski definition) is 0. The number of pyridine rings is 1. The molecule has 2 aromatic rings. The maximum atomic E-state index is 12.2. The molecule has 19 heavy (non-hydrogen) atoms. The van der Waals surface area contributed by atoms with Gasteiger partial charge in [0.05, 0.1) is 17.4 Å². The van der Waals surface area contributed by atoms with Crippen molar-refractivity contribution < 1.29 is 4.79 Å². The second kappa shape index (κ2) is 5.57. The summed E-state index contributed by atoms with van der Waals surface area (Å²) >= 11 is 5.92. The van der Waals surface area contributed by atoms with Gasteiger partial charge in [0.2, 0.25) is 5.91 Å². The summed E-state index contributed by atoms with van der Waals surface area (Å²) in [6.45, 7) is 5.62. The van der Waals surface area contributed by atoms with Gasteiger partial charge in [0.25, 0.3) is 0 Å². The first-order valence-electron chi connectivity index (χ1n) is 6.32. The number of amides is 1. The van der Waals surface area contributed by atoms with E-state index in [1.54, 1.807) is 18.0 Å². The summed E-state index contributed by atoms with van der Waals surface area (Å²) in [5.74, 6) is -0.103. The number of aromatic nitrogens is 1. The van der Waals surface area contributed by atoms with Crippen LogP contribution >= 0.6 is 11.6 Å². The Labute approximate surface area is 118 Å². The summed E-state index contributed by atoms with van der Waals surface area (Å²) in [6, 6.07) is 9.85. The van der Waals surface area contributed by atoms with Crippen LogP contribution in [0.1, 0.15) is 20.8 Å². The van der Waals surface area contributed by atoms with Gasteiger partial charge in [-0.25, -0.2) is 0 Å². The maximum Gasteiger partial charge on any atom is 0.245 e. The summed E-state index contributed by atoms with van der Waals surface area (Å²) in [5, 5.41) is 0.467. The zero-order valence-corrected chi connectivity index (χ0v) is 12.1. The van der Waals surface area contributed by atoms with E-state index in [0.29, 0.717) is 0 Å². The number of hydrogen-bond acceptors (Lipinski definition) is 2. The lowest BCUT2D eigenvalue weighted by molar-refractivity contribution is -0.118. The predicted molar refractivity (Wildman–Crippen MR) is 79.7 cm³/mol. The minimum Gasteiger partial charge on any atom is -0.307 e. The van der Waals surface area contributed by atoms with Gasteiger partial charge in [-0.3, -0.25) is 9.78 Å². The van der Waals surface area contributed by atoms with Crippen LogP contribution in [0.5, 0.6) is 0 Å². The largest absolute Gasteiger partial charge is 0.307 e. The molecule has 0 aliphatic carbocycles. The van der Waals surface area contributed by atoms with E-state index in [0.717, 1.165) is 16.6 Å². The Morgan fingerprint density at radius 2 is 1.95 bits per heavy atom. The van der Waals surface area contributed by atoms with Crippen LogP contribution in [0.3, 0.4) is 0 Å². The van der Waals surface area contributed by atoms with Crippen LogP contribution in [0.15, 0.2) is 36.5 Å². The number of halogens is 1. The summed E-state index contributed by atoms with van der Waals surface area (Å²) in [4.78, 5) is 18.3. The standard InChI is InChI=1S/C15H17ClN2O/c1-10(2)18(15(19)11(3)16)13-8-12-6-4-5-7-14(12)17-9-13/h4-11H,1-3H3. The van der Waals surface area contributed by atoms with Gasteiger partial charge in [-0.1, -0.05) is 18.2 Å². The highest BCUT2D eigenvalue weighted by molar-refractivity contribution is 6.32. The molecule has 0 spiro atoms. The van der Waals surface area contributed by atoms with Crippen LogP contribution < -0.4 is 4.90 Å². The first-order chi connectivity index (χ1) is 9.00. The Hall–Kier alpha value is -1.61. The number of anilines is 1. The summed E-state index contributed by atoms with van der Waals surface area (Å²) in [5.41, 5.74) is 1.70. The molecule has 0 aliphatic heterocycles. The van der Waals surface area contributed by atoms with Crippen molar-refractivity contribution >= 4 is 34.1 Å². The van der Waals surface area contributed by atoms with E-state index in [1.807, 2.05) is 44.2 Å². The van der Waals surface area contributed by atoms with Crippen molar-refractivity contribution in [2.45, 2.75) is 32.2 Å². The van der Waals surface area contributed by atoms with E-state index in [1.165, 1.54) is 0 Å². The van der Waals surface area contributed by atoms with Crippen LogP contribution in [0.4, 0.5) is 5.69 Å². The molecule has 1 unspecified atom stereocenters. The lowest BCUT2D eigenvalue weighted by Crippen LogP contribution is -2.41. The molecule has 1 aromatic heterocycles. The fourth-order valence-corrected chi connectivity index (χ4v) is 2.17. The molecule has 0 radical (unpaired) electrons. The number of benzene rings is 1. The lowest BCUT2D eigenvalue weighted by Gasteiger charge is -2.27. The number of nitrogens with zero attached hydrogens (tertiary/aromatic N) is 2. The quantitative estimate of drug-likeness (QED) is 0.803. The molecule has 1 aromatic carbocycles. The van der Waals surface area contributed by atoms with Crippen molar-refractivity contribution in [3.8, 4) is 0 Å². The van der Waals surface area contributed by atoms with Crippen molar-refractivity contribution in [2.75, 3.05) is 4.90 Å². The van der Waals surface area contributed by atoms with Gasteiger partial charge in [0, 0.05) is 11.4 Å². The van der Waals surface area contributed by atoms with Gasteiger partial charge < -0.3 is 4.90 Å². The lowest BCUT2D eigenvalue weighted by atomic mass is 10.2. The second-order valence-corrected chi connectivity index (χ2v) is 5.46. The SMILES string of the molecule is CC(Cl)C(=O)N(c1cnc2ccccc2c1)C(C)C. The molecule has 0 saturated carbocycles. The second-order valence-electron chi connectivity index (χ2n) is 4.80. The summed E-state index contributed by atoms with van der Waals surface area (Å²) in [7, 11) is 0. The van der Waals surface area contributed by atoms with E-state index in [4.69, 9.17) is 11.6 Å².